The topological polar surface area (TPSA) is 47.0 Å². The van der Waals surface area contributed by atoms with Gasteiger partial charge in [-0.15, -0.1) is 0 Å². The normalized spacial score (nSPS) is 13.0. The van der Waals surface area contributed by atoms with Gasteiger partial charge in [-0.3, -0.25) is 0 Å². The quantitative estimate of drug-likeness (QED) is 0.739. The molecule has 0 saturated carbocycles. The fourth-order valence-corrected chi connectivity index (χ4v) is 1.72. The summed E-state index contributed by atoms with van der Waals surface area (Å²) in [6.07, 6.45) is 2.91. The van der Waals surface area contributed by atoms with Crippen molar-refractivity contribution in [3.63, 3.8) is 0 Å². The Labute approximate surface area is 104 Å². The molecule has 0 radical (unpaired) electrons. The van der Waals surface area contributed by atoms with E-state index in [9.17, 15) is 0 Å². The van der Waals surface area contributed by atoms with Crippen molar-refractivity contribution in [1.29, 1.82) is 0 Å². The maximum absolute atomic E-state index is 5.43. The molecule has 1 unspecified atom stereocenters. The number of rotatable bonds is 7. The van der Waals surface area contributed by atoms with Crippen molar-refractivity contribution in [3.05, 3.63) is 23.8 Å². The van der Waals surface area contributed by atoms with Crippen LogP contribution in [0.15, 0.2) is 12.3 Å². The van der Waals surface area contributed by atoms with Crippen LogP contribution < -0.4 is 5.32 Å². The highest BCUT2D eigenvalue weighted by Gasteiger charge is 2.17. The number of methoxy groups -OCH3 is 1. The first-order valence-corrected chi connectivity index (χ1v) is 6.24. The van der Waals surface area contributed by atoms with Crippen LogP contribution in [0.5, 0.6) is 0 Å². The summed E-state index contributed by atoms with van der Waals surface area (Å²) in [4.78, 5) is 8.83. The SMILES string of the molecule is CCCNCc1ccnc(C(OC)C(C)C)n1. The summed E-state index contributed by atoms with van der Waals surface area (Å²) in [6, 6.07) is 1.94. The number of aromatic nitrogens is 2. The van der Waals surface area contributed by atoms with E-state index in [1.807, 2.05) is 6.07 Å². The minimum Gasteiger partial charge on any atom is -0.373 e. The monoisotopic (exact) mass is 237 g/mol. The molecule has 0 bridgehead atoms. The van der Waals surface area contributed by atoms with Gasteiger partial charge in [0.1, 0.15) is 6.10 Å². The number of ether oxygens (including phenoxy) is 1. The van der Waals surface area contributed by atoms with Crippen LogP contribution in [0, 0.1) is 5.92 Å². The van der Waals surface area contributed by atoms with Gasteiger partial charge in [0.05, 0.1) is 5.69 Å². The Morgan fingerprint density at radius 3 is 2.76 bits per heavy atom. The molecule has 1 atom stereocenters. The molecule has 17 heavy (non-hydrogen) atoms. The van der Waals surface area contributed by atoms with Crippen LogP contribution in [0.2, 0.25) is 0 Å². The number of nitrogens with zero attached hydrogens (tertiary/aromatic N) is 2. The van der Waals surface area contributed by atoms with Gasteiger partial charge >= 0.3 is 0 Å². The van der Waals surface area contributed by atoms with Crippen molar-refractivity contribution in [3.8, 4) is 0 Å². The fraction of sp³-hybridized carbons (Fsp3) is 0.692. The molecule has 0 amide bonds. The lowest BCUT2D eigenvalue weighted by atomic mass is 10.1. The third kappa shape index (κ3) is 4.40. The fourth-order valence-electron chi connectivity index (χ4n) is 1.72. The zero-order chi connectivity index (χ0) is 12.7. The molecule has 0 aliphatic heterocycles. The molecule has 0 aliphatic rings. The highest BCUT2D eigenvalue weighted by atomic mass is 16.5. The summed E-state index contributed by atoms with van der Waals surface area (Å²) in [5.74, 6) is 1.15. The molecule has 1 aromatic rings. The van der Waals surface area contributed by atoms with Crippen molar-refractivity contribution >= 4 is 0 Å². The highest BCUT2D eigenvalue weighted by Crippen LogP contribution is 2.21. The minimum atomic E-state index is -0.0267. The number of hydrogen-bond donors (Lipinski definition) is 1. The molecule has 0 saturated heterocycles. The van der Waals surface area contributed by atoms with E-state index in [0.29, 0.717) is 5.92 Å². The van der Waals surface area contributed by atoms with Crippen molar-refractivity contribution in [2.45, 2.75) is 39.8 Å². The van der Waals surface area contributed by atoms with Gasteiger partial charge in [-0.1, -0.05) is 20.8 Å². The summed E-state index contributed by atoms with van der Waals surface area (Å²) < 4.78 is 5.43. The maximum atomic E-state index is 5.43. The van der Waals surface area contributed by atoms with Crippen LogP contribution in [0.25, 0.3) is 0 Å². The molecular weight excluding hydrogens is 214 g/mol. The van der Waals surface area contributed by atoms with Crippen LogP contribution in [-0.4, -0.2) is 23.6 Å². The number of hydrogen-bond acceptors (Lipinski definition) is 4. The Balaban J connectivity index is 2.70. The largest absolute Gasteiger partial charge is 0.373 e. The van der Waals surface area contributed by atoms with Gasteiger partial charge in [0.2, 0.25) is 0 Å². The van der Waals surface area contributed by atoms with Gasteiger partial charge in [0.25, 0.3) is 0 Å². The molecule has 1 rings (SSSR count). The molecule has 0 aromatic carbocycles. The Bertz CT molecular complexity index is 328. The summed E-state index contributed by atoms with van der Waals surface area (Å²) in [5, 5.41) is 3.33. The second kappa shape index (κ2) is 7.35. The standard InChI is InChI=1S/C13H23N3O/c1-5-7-14-9-11-6-8-15-13(16-11)12(17-4)10(2)3/h6,8,10,12,14H,5,7,9H2,1-4H3. The van der Waals surface area contributed by atoms with Gasteiger partial charge in [-0.25, -0.2) is 9.97 Å². The summed E-state index contributed by atoms with van der Waals surface area (Å²) in [7, 11) is 1.70. The van der Waals surface area contributed by atoms with E-state index >= 15 is 0 Å². The molecular formula is C13H23N3O. The van der Waals surface area contributed by atoms with E-state index in [0.717, 1.165) is 31.0 Å². The van der Waals surface area contributed by atoms with Crippen LogP contribution in [0.3, 0.4) is 0 Å². The predicted molar refractivity (Wildman–Crippen MR) is 68.6 cm³/mol. The zero-order valence-corrected chi connectivity index (χ0v) is 11.2. The van der Waals surface area contributed by atoms with Crippen molar-refractivity contribution in [2.75, 3.05) is 13.7 Å². The van der Waals surface area contributed by atoms with E-state index in [1.54, 1.807) is 13.3 Å². The van der Waals surface area contributed by atoms with Crippen molar-refractivity contribution in [1.82, 2.24) is 15.3 Å². The molecule has 4 nitrogen and oxygen atoms in total. The Kier molecular flexibility index (Phi) is 6.08. The molecule has 96 valence electrons. The molecule has 0 aliphatic carbocycles. The summed E-state index contributed by atoms with van der Waals surface area (Å²) >= 11 is 0. The summed E-state index contributed by atoms with van der Waals surface area (Å²) in [5.41, 5.74) is 1.02. The van der Waals surface area contributed by atoms with Crippen molar-refractivity contribution < 1.29 is 4.74 Å². The average Bonchev–Trinajstić information content (AvgIpc) is 2.30. The third-order valence-electron chi connectivity index (χ3n) is 2.58. The van der Waals surface area contributed by atoms with E-state index in [1.165, 1.54) is 0 Å². The second-order valence-corrected chi connectivity index (χ2v) is 4.48. The lowest BCUT2D eigenvalue weighted by molar-refractivity contribution is 0.0572. The third-order valence-corrected chi connectivity index (χ3v) is 2.58. The highest BCUT2D eigenvalue weighted by molar-refractivity contribution is 5.04. The Morgan fingerprint density at radius 2 is 2.18 bits per heavy atom. The van der Waals surface area contributed by atoms with E-state index in [-0.39, 0.29) is 6.10 Å². The van der Waals surface area contributed by atoms with Gasteiger partial charge in [0, 0.05) is 19.9 Å². The van der Waals surface area contributed by atoms with Crippen molar-refractivity contribution in [2.24, 2.45) is 5.92 Å². The van der Waals surface area contributed by atoms with E-state index in [4.69, 9.17) is 4.74 Å². The van der Waals surface area contributed by atoms with Crippen LogP contribution >= 0.6 is 0 Å². The molecule has 1 N–H and O–H groups in total. The minimum absolute atomic E-state index is 0.0267. The molecule has 1 heterocycles. The van der Waals surface area contributed by atoms with E-state index < -0.39 is 0 Å². The number of nitrogens with one attached hydrogen (secondary N) is 1. The summed E-state index contributed by atoms with van der Waals surface area (Å²) in [6.45, 7) is 8.17. The Morgan fingerprint density at radius 1 is 1.41 bits per heavy atom. The first-order chi connectivity index (χ1) is 8.19. The lowest BCUT2D eigenvalue weighted by Crippen LogP contribution is -2.18. The van der Waals surface area contributed by atoms with Crippen LogP contribution in [0.1, 0.15) is 44.8 Å². The van der Waals surface area contributed by atoms with Crippen LogP contribution in [-0.2, 0) is 11.3 Å². The maximum Gasteiger partial charge on any atom is 0.157 e. The lowest BCUT2D eigenvalue weighted by Gasteiger charge is -2.18. The van der Waals surface area contributed by atoms with Crippen LogP contribution in [0.4, 0.5) is 0 Å². The molecule has 4 heteroatoms. The smallest absolute Gasteiger partial charge is 0.157 e. The molecule has 0 fully saturated rings. The van der Waals surface area contributed by atoms with E-state index in [2.05, 4.69) is 36.1 Å². The molecule has 1 aromatic heterocycles. The first kappa shape index (κ1) is 14.1. The first-order valence-electron chi connectivity index (χ1n) is 6.24. The zero-order valence-electron chi connectivity index (χ0n) is 11.2. The average molecular weight is 237 g/mol. The van der Waals surface area contributed by atoms with Gasteiger partial charge in [-0.2, -0.15) is 0 Å². The predicted octanol–water partition coefficient (Wildman–Crippen LogP) is 2.32. The Hall–Kier alpha value is -1.00. The van der Waals surface area contributed by atoms with Gasteiger partial charge in [0.15, 0.2) is 5.82 Å². The van der Waals surface area contributed by atoms with Gasteiger partial charge < -0.3 is 10.1 Å². The molecule has 0 spiro atoms. The van der Waals surface area contributed by atoms with Gasteiger partial charge in [-0.05, 0) is 24.9 Å². The second-order valence-electron chi connectivity index (χ2n) is 4.48.